The predicted octanol–water partition coefficient (Wildman–Crippen LogP) is 6.14. The summed E-state index contributed by atoms with van der Waals surface area (Å²) in [6.07, 6.45) is -1.02. The Balaban J connectivity index is 0.000000301. The number of fused-ring (bicyclic) bond motifs is 2. The zero-order chi connectivity index (χ0) is 34.7. The number of carboxylic acid groups (broad SMARTS) is 2. The molecular formula is C29H25F6N5O7. The summed E-state index contributed by atoms with van der Waals surface area (Å²) in [6, 6.07) is 10.1. The molecule has 0 bridgehead atoms. The molecule has 1 aliphatic rings. The third-order valence-corrected chi connectivity index (χ3v) is 7.02. The van der Waals surface area contributed by atoms with Gasteiger partial charge in [-0.2, -0.15) is 31.4 Å². The summed E-state index contributed by atoms with van der Waals surface area (Å²) in [6.45, 7) is 3.14. The number of nitrogens with two attached hydrogens (primary N) is 1. The van der Waals surface area contributed by atoms with Crippen molar-refractivity contribution >= 4 is 45.6 Å². The number of pyridine rings is 1. The molecule has 250 valence electrons. The van der Waals surface area contributed by atoms with Crippen LogP contribution in [0.3, 0.4) is 0 Å². The van der Waals surface area contributed by atoms with Crippen molar-refractivity contribution in [3.05, 3.63) is 55.2 Å². The number of carbonyl (C=O) groups is 3. The average Bonchev–Trinajstić information content (AvgIpc) is 3.76. The first-order chi connectivity index (χ1) is 22.0. The largest absolute Gasteiger partial charge is 0.490 e. The van der Waals surface area contributed by atoms with Gasteiger partial charge in [-0.15, -0.1) is 0 Å². The fraction of sp³-hybridized carbons (Fsp3) is 0.276. The first kappa shape index (κ1) is 34.3. The summed E-state index contributed by atoms with van der Waals surface area (Å²) >= 11 is 0. The van der Waals surface area contributed by atoms with E-state index in [0.29, 0.717) is 17.2 Å². The molecule has 6 rings (SSSR count). The van der Waals surface area contributed by atoms with E-state index in [1.54, 1.807) is 19.4 Å². The van der Waals surface area contributed by atoms with Crippen molar-refractivity contribution in [2.45, 2.75) is 38.2 Å². The first-order valence-corrected chi connectivity index (χ1v) is 13.5. The normalized spacial score (nSPS) is 13.9. The molecule has 0 atom stereocenters. The maximum atomic E-state index is 11.6. The van der Waals surface area contributed by atoms with Crippen LogP contribution in [0.4, 0.5) is 32.2 Å². The van der Waals surface area contributed by atoms with Crippen molar-refractivity contribution in [3.63, 3.8) is 0 Å². The quantitative estimate of drug-likeness (QED) is 0.189. The Morgan fingerprint density at radius 1 is 0.936 bits per heavy atom. The molecular weight excluding hydrogens is 644 g/mol. The van der Waals surface area contributed by atoms with Gasteiger partial charge in [-0.05, 0) is 25.0 Å². The van der Waals surface area contributed by atoms with E-state index >= 15 is 0 Å². The number of hydrogen-bond donors (Lipinski definition) is 3. The number of aliphatic carboxylic acids is 2. The Labute approximate surface area is 260 Å². The van der Waals surface area contributed by atoms with Gasteiger partial charge < -0.3 is 29.7 Å². The lowest BCUT2D eigenvalue weighted by atomic mass is 10.0. The molecule has 5 heterocycles. The highest BCUT2D eigenvalue weighted by molar-refractivity contribution is 6.02. The molecule has 1 saturated heterocycles. The summed E-state index contributed by atoms with van der Waals surface area (Å²) in [5.74, 6) is -4.36. The van der Waals surface area contributed by atoms with Gasteiger partial charge in [0.25, 0.3) is 0 Å². The number of aromatic nitrogens is 3. The molecule has 1 aromatic carbocycles. The molecule has 18 heteroatoms. The molecule has 4 N–H and O–H groups in total. The topological polar surface area (TPSA) is 178 Å². The summed E-state index contributed by atoms with van der Waals surface area (Å²) in [4.78, 5) is 35.7. The van der Waals surface area contributed by atoms with Crippen LogP contribution in [0.25, 0.3) is 44.4 Å². The van der Waals surface area contributed by atoms with E-state index in [-0.39, 0.29) is 11.9 Å². The van der Waals surface area contributed by atoms with E-state index in [1.807, 2.05) is 52.3 Å². The second-order valence-corrected chi connectivity index (χ2v) is 10.1. The highest BCUT2D eigenvalue weighted by atomic mass is 19.4. The van der Waals surface area contributed by atoms with E-state index in [2.05, 4.69) is 10.1 Å². The van der Waals surface area contributed by atoms with Crippen molar-refractivity contribution in [3.8, 4) is 22.5 Å². The van der Waals surface area contributed by atoms with Crippen molar-refractivity contribution in [2.24, 2.45) is 0 Å². The van der Waals surface area contributed by atoms with Crippen LogP contribution in [0.2, 0.25) is 0 Å². The van der Waals surface area contributed by atoms with Gasteiger partial charge in [0.15, 0.2) is 11.4 Å². The number of para-hydroxylation sites is 1. The van der Waals surface area contributed by atoms with E-state index in [1.165, 1.54) is 0 Å². The van der Waals surface area contributed by atoms with Gasteiger partial charge in [0.2, 0.25) is 5.91 Å². The van der Waals surface area contributed by atoms with Gasteiger partial charge in [-0.3, -0.25) is 9.48 Å². The lowest BCUT2D eigenvalue weighted by Crippen LogP contribution is -2.37. The number of likely N-dealkylation sites (tertiary alicyclic amines) is 1. The Morgan fingerprint density at radius 3 is 2.11 bits per heavy atom. The molecule has 4 aromatic heterocycles. The lowest BCUT2D eigenvalue weighted by molar-refractivity contribution is -0.193. The van der Waals surface area contributed by atoms with Crippen molar-refractivity contribution in [2.75, 3.05) is 18.8 Å². The number of nitrogen functional groups attached to an aromatic ring is 1. The van der Waals surface area contributed by atoms with Gasteiger partial charge in [0.05, 0.1) is 17.8 Å². The van der Waals surface area contributed by atoms with Gasteiger partial charge >= 0.3 is 24.3 Å². The molecule has 5 aromatic rings. The minimum Gasteiger partial charge on any atom is -0.475 e. The number of halogens is 6. The molecule has 47 heavy (non-hydrogen) atoms. The minimum absolute atomic E-state index is 0.131. The van der Waals surface area contributed by atoms with E-state index < -0.39 is 24.3 Å². The molecule has 0 aliphatic carbocycles. The Kier molecular flexibility index (Phi) is 9.81. The highest BCUT2D eigenvalue weighted by Crippen LogP contribution is 2.39. The number of amides is 1. The number of anilines is 1. The number of hydrogen-bond acceptors (Lipinski definition) is 8. The fourth-order valence-corrected chi connectivity index (χ4v) is 4.70. The first-order valence-electron chi connectivity index (χ1n) is 13.5. The molecule has 0 saturated carbocycles. The highest BCUT2D eigenvalue weighted by Gasteiger charge is 2.39. The van der Waals surface area contributed by atoms with Crippen LogP contribution >= 0.6 is 0 Å². The number of alkyl halides is 6. The minimum atomic E-state index is -5.08. The zero-order valence-corrected chi connectivity index (χ0v) is 24.2. The van der Waals surface area contributed by atoms with Crippen molar-refractivity contribution < 1.29 is 59.8 Å². The third kappa shape index (κ3) is 8.00. The maximum absolute atomic E-state index is 11.6. The Hall–Kier alpha value is -5.55. The number of benzene rings is 1. The zero-order valence-electron chi connectivity index (χ0n) is 24.2. The lowest BCUT2D eigenvalue weighted by Gasteiger charge is -2.31. The second-order valence-electron chi connectivity index (χ2n) is 10.1. The van der Waals surface area contributed by atoms with Crippen LogP contribution in [0, 0.1) is 0 Å². The number of carboxylic acids is 2. The fourth-order valence-electron chi connectivity index (χ4n) is 4.70. The second kappa shape index (κ2) is 13.4. The monoisotopic (exact) mass is 669 g/mol. The van der Waals surface area contributed by atoms with Gasteiger partial charge in [-0.1, -0.05) is 18.2 Å². The van der Waals surface area contributed by atoms with Gasteiger partial charge in [0, 0.05) is 54.3 Å². The predicted molar refractivity (Wildman–Crippen MR) is 153 cm³/mol. The summed E-state index contributed by atoms with van der Waals surface area (Å²) < 4.78 is 77.3. The molecule has 1 amide bonds. The number of carbonyl (C=O) groups excluding carboxylic acids is 1. The summed E-state index contributed by atoms with van der Waals surface area (Å²) in [5, 5.41) is 20.7. The maximum Gasteiger partial charge on any atom is 0.490 e. The molecule has 12 nitrogen and oxygen atoms in total. The van der Waals surface area contributed by atoms with Crippen LogP contribution < -0.4 is 5.73 Å². The van der Waals surface area contributed by atoms with Crippen LogP contribution in [0.15, 0.2) is 64.0 Å². The van der Waals surface area contributed by atoms with Crippen molar-refractivity contribution in [1.29, 1.82) is 0 Å². The third-order valence-electron chi connectivity index (χ3n) is 7.02. The molecule has 1 aliphatic heterocycles. The Bertz CT molecular complexity index is 1880. The average molecular weight is 670 g/mol. The molecule has 0 spiro atoms. The number of piperidine rings is 1. The molecule has 1 fully saturated rings. The number of furan rings is 2. The van der Waals surface area contributed by atoms with Gasteiger partial charge in [0.1, 0.15) is 17.6 Å². The smallest absolute Gasteiger partial charge is 0.475 e. The summed E-state index contributed by atoms with van der Waals surface area (Å²) in [7, 11) is 0. The van der Waals surface area contributed by atoms with E-state index in [9.17, 15) is 31.1 Å². The van der Waals surface area contributed by atoms with Crippen LogP contribution in [0.5, 0.6) is 0 Å². The van der Waals surface area contributed by atoms with E-state index in [0.717, 1.165) is 59.0 Å². The SMILES string of the molecule is CC(=O)N1CCC(n2cc(-c3cnc(N)c4oc(-c5coc6ccccc56)cc34)cn2)CC1.O=C(O)C(F)(F)F.O=C(O)C(F)(F)F. The van der Waals surface area contributed by atoms with E-state index in [4.69, 9.17) is 34.4 Å². The van der Waals surface area contributed by atoms with Crippen LogP contribution in [-0.4, -0.2) is 73.2 Å². The van der Waals surface area contributed by atoms with Crippen molar-refractivity contribution in [1.82, 2.24) is 19.7 Å². The molecule has 0 radical (unpaired) electrons. The van der Waals surface area contributed by atoms with Crippen LogP contribution in [-0.2, 0) is 14.4 Å². The number of rotatable bonds is 3. The Morgan fingerprint density at radius 2 is 1.53 bits per heavy atom. The number of nitrogens with zero attached hydrogens (tertiary/aromatic N) is 4. The standard InChI is InChI=1S/C25H23N5O3.2C2HF3O2/c1-15(31)29-8-6-17(7-9-29)30-13-16(11-28-30)20-12-27-25(26)24-19(20)10-23(33-24)21-14-32-22-5-3-2-4-18(21)22;2*3-2(4,5)1(6)7/h2-5,10-14,17H,6-9H2,1H3,(H2,26,27);2*(H,6,7). The van der Waals surface area contributed by atoms with Crippen LogP contribution in [0.1, 0.15) is 25.8 Å². The summed E-state index contributed by atoms with van der Waals surface area (Å²) in [5.41, 5.74) is 10.3. The molecule has 0 unspecified atom stereocenters. The van der Waals surface area contributed by atoms with Gasteiger partial charge in [-0.25, -0.2) is 14.6 Å².